The molecule has 1 aromatic heterocycles. The number of fused-ring (bicyclic) bond motifs is 1. The van der Waals surface area contributed by atoms with E-state index in [1.807, 2.05) is 54.4 Å². The average molecular weight is 437 g/mol. The van der Waals surface area contributed by atoms with E-state index in [2.05, 4.69) is 10.3 Å². The molecule has 1 N–H and O–H groups in total. The molecule has 156 valence electrons. The molecule has 1 amide bonds. The lowest BCUT2D eigenvalue weighted by Crippen LogP contribution is -2.31. The fraction of sp³-hybridized carbons (Fsp3) is 0.0870. The van der Waals surface area contributed by atoms with Crippen LogP contribution < -0.4 is 15.9 Å². The van der Waals surface area contributed by atoms with Gasteiger partial charge in [-0.05, 0) is 42.5 Å². The van der Waals surface area contributed by atoms with Gasteiger partial charge in [-0.15, -0.1) is 0 Å². The lowest BCUT2D eigenvalue weighted by Gasteiger charge is -2.21. The van der Waals surface area contributed by atoms with Crippen LogP contribution in [-0.2, 0) is 11.3 Å². The zero-order valence-electron chi connectivity index (χ0n) is 16.5. The number of anilines is 3. The Morgan fingerprint density at radius 1 is 1.10 bits per heavy atom. The number of nitrogens with zero attached hydrogens (tertiary/aromatic N) is 3. The second-order valence-corrected chi connectivity index (χ2v) is 7.30. The summed E-state index contributed by atoms with van der Waals surface area (Å²) in [5, 5.41) is 3.40. The third-order valence-corrected chi connectivity index (χ3v) is 5.15. The zero-order chi connectivity index (χ0) is 22.0. The Bertz CT molecular complexity index is 1320. The molecule has 6 nitrogen and oxygen atoms in total. The molecule has 0 saturated carbocycles. The van der Waals surface area contributed by atoms with E-state index >= 15 is 0 Å². The summed E-state index contributed by atoms with van der Waals surface area (Å²) in [6.45, 7) is -0.268. The largest absolute Gasteiger partial charge is 0.350 e. The van der Waals surface area contributed by atoms with E-state index in [1.165, 1.54) is 16.7 Å². The number of hydrogen-bond acceptors (Lipinski definition) is 4. The van der Waals surface area contributed by atoms with Crippen LogP contribution >= 0.6 is 11.6 Å². The van der Waals surface area contributed by atoms with Crippen LogP contribution in [0.1, 0.15) is 0 Å². The number of para-hydroxylation sites is 2. The average Bonchev–Trinajstić information content (AvgIpc) is 2.77. The van der Waals surface area contributed by atoms with Gasteiger partial charge in [-0.3, -0.25) is 9.36 Å². The molecule has 1 heterocycles. The number of rotatable bonds is 5. The first kappa shape index (κ1) is 20.6. The highest BCUT2D eigenvalue weighted by Crippen LogP contribution is 2.28. The molecule has 0 unspecified atom stereocenters. The van der Waals surface area contributed by atoms with Crippen molar-refractivity contribution in [3.05, 3.63) is 94.1 Å². The highest BCUT2D eigenvalue weighted by atomic mass is 35.5. The Balaban J connectivity index is 1.70. The smallest absolute Gasteiger partial charge is 0.329 e. The maximum atomic E-state index is 13.2. The van der Waals surface area contributed by atoms with Crippen LogP contribution in [0.2, 0.25) is 5.02 Å². The summed E-state index contributed by atoms with van der Waals surface area (Å²) < 4.78 is 14.5. The second kappa shape index (κ2) is 8.57. The molecule has 0 atom stereocenters. The van der Waals surface area contributed by atoms with Crippen molar-refractivity contribution in [2.75, 3.05) is 17.3 Å². The molecule has 0 spiro atoms. The summed E-state index contributed by atoms with van der Waals surface area (Å²) in [5.41, 5.74) is 1.15. The first-order chi connectivity index (χ1) is 14.9. The second-order valence-electron chi connectivity index (χ2n) is 6.89. The summed E-state index contributed by atoms with van der Waals surface area (Å²) in [7, 11) is 1.83. The van der Waals surface area contributed by atoms with Gasteiger partial charge in [-0.1, -0.05) is 41.9 Å². The minimum absolute atomic E-state index is 0.0727. The third kappa shape index (κ3) is 4.27. The van der Waals surface area contributed by atoms with Crippen molar-refractivity contribution in [3.8, 4) is 0 Å². The highest BCUT2D eigenvalue weighted by molar-refractivity contribution is 6.33. The molecule has 4 aromatic rings. The van der Waals surface area contributed by atoms with Crippen LogP contribution in [0.5, 0.6) is 0 Å². The molecule has 0 aliphatic carbocycles. The Hall–Kier alpha value is -3.71. The van der Waals surface area contributed by atoms with Crippen LogP contribution in [0.3, 0.4) is 0 Å². The third-order valence-electron chi connectivity index (χ3n) is 4.84. The van der Waals surface area contributed by atoms with Crippen molar-refractivity contribution >= 4 is 45.6 Å². The predicted molar refractivity (Wildman–Crippen MR) is 121 cm³/mol. The Labute approximate surface area is 182 Å². The standard InChI is InChI=1S/C23H18ClFN4O2/c1-28(16-7-3-2-4-8-16)22-17-9-5-6-10-20(17)29(23(31)27-22)14-21(30)26-19-12-11-15(25)13-18(19)24/h2-13H,14H2,1H3,(H,26,30). The van der Waals surface area contributed by atoms with Crippen LogP contribution in [0.25, 0.3) is 10.9 Å². The van der Waals surface area contributed by atoms with Gasteiger partial charge in [0.15, 0.2) is 0 Å². The summed E-state index contributed by atoms with van der Waals surface area (Å²) in [5.74, 6) is -0.496. The molecule has 0 aliphatic heterocycles. The van der Waals surface area contributed by atoms with Gasteiger partial charge in [-0.2, -0.15) is 4.98 Å². The molecular weight excluding hydrogens is 419 g/mol. The summed E-state index contributed by atoms with van der Waals surface area (Å²) >= 11 is 5.98. The maximum absolute atomic E-state index is 13.2. The van der Waals surface area contributed by atoms with Gasteiger partial charge in [0.25, 0.3) is 0 Å². The van der Waals surface area contributed by atoms with E-state index in [0.29, 0.717) is 11.3 Å². The first-order valence-electron chi connectivity index (χ1n) is 9.47. The first-order valence-corrected chi connectivity index (χ1v) is 9.85. The number of halogens is 2. The number of amides is 1. The molecule has 31 heavy (non-hydrogen) atoms. The van der Waals surface area contributed by atoms with Crippen LogP contribution in [-0.4, -0.2) is 22.5 Å². The van der Waals surface area contributed by atoms with Crippen molar-refractivity contribution in [2.45, 2.75) is 6.54 Å². The number of benzene rings is 3. The Morgan fingerprint density at radius 3 is 2.55 bits per heavy atom. The lowest BCUT2D eigenvalue weighted by atomic mass is 10.2. The predicted octanol–water partition coefficient (Wildman–Crippen LogP) is 4.60. The Kier molecular flexibility index (Phi) is 5.68. The van der Waals surface area contributed by atoms with E-state index in [9.17, 15) is 14.0 Å². The Morgan fingerprint density at radius 2 is 1.81 bits per heavy atom. The van der Waals surface area contributed by atoms with Gasteiger partial charge >= 0.3 is 5.69 Å². The normalized spacial score (nSPS) is 10.8. The van der Waals surface area contributed by atoms with Crippen LogP contribution in [0.15, 0.2) is 77.6 Å². The van der Waals surface area contributed by atoms with Gasteiger partial charge in [-0.25, -0.2) is 9.18 Å². The molecule has 8 heteroatoms. The van der Waals surface area contributed by atoms with Gasteiger partial charge in [0.2, 0.25) is 5.91 Å². The summed E-state index contributed by atoms with van der Waals surface area (Å²) in [6, 6.07) is 20.5. The van der Waals surface area contributed by atoms with Gasteiger partial charge in [0.1, 0.15) is 18.2 Å². The van der Waals surface area contributed by atoms with E-state index < -0.39 is 17.4 Å². The van der Waals surface area contributed by atoms with Gasteiger partial charge in [0.05, 0.1) is 16.2 Å². The van der Waals surface area contributed by atoms with E-state index in [4.69, 9.17) is 11.6 Å². The molecule has 3 aromatic carbocycles. The van der Waals surface area contributed by atoms with Gasteiger partial charge < -0.3 is 10.2 Å². The molecule has 0 bridgehead atoms. The maximum Gasteiger partial charge on any atom is 0.350 e. The molecule has 4 rings (SSSR count). The zero-order valence-corrected chi connectivity index (χ0v) is 17.3. The molecule has 0 radical (unpaired) electrons. The van der Waals surface area contributed by atoms with Crippen molar-refractivity contribution in [1.29, 1.82) is 0 Å². The fourth-order valence-electron chi connectivity index (χ4n) is 3.32. The minimum Gasteiger partial charge on any atom is -0.329 e. The monoisotopic (exact) mass is 436 g/mol. The van der Waals surface area contributed by atoms with Crippen molar-refractivity contribution in [2.24, 2.45) is 0 Å². The van der Waals surface area contributed by atoms with E-state index in [-0.39, 0.29) is 17.3 Å². The SMILES string of the molecule is CN(c1ccccc1)c1nc(=O)n(CC(=O)Nc2ccc(F)cc2Cl)c2ccccc12. The topological polar surface area (TPSA) is 67.2 Å². The number of hydrogen-bond donors (Lipinski definition) is 1. The van der Waals surface area contributed by atoms with Crippen molar-refractivity contribution in [3.63, 3.8) is 0 Å². The molecule has 0 aliphatic rings. The number of aromatic nitrogens is 2. The van der Waals surface area contributed by atoms with E-state index in [0.717, 1.165) is 17.1 Å². The summed E-state index contributed by atoms with van der Waals surface area (Å²) in [6.07, 6.45) is 0. The molecule has 0 fully saturated rings. The number of carbonyl (C=O) groups is 1. The van der Waals surface area contributed by atoms with Crippen LogP contribution in [0.4, 0.5) is 21.6 Å². The molecule has 0 saturated heterocycles. The minimum atomic E-state index is -0.558. The molecular formula is C23H18ClFN4O2. The van der Waals surface area contributed by atoms with Gasteiger partial charge in [0, 0.05) is 18.1 Å². The fourth-order valence-corrected chi connectivity index (χ4v) is 3.53. The van der Waals surface area contributed by atoms with E-state index in [1.54, 1.807) is 12.1 Å². The summed E-state index contributed by atoms with van der Waals surface area (Å²) in [4.78, 5) is 31.5. The van der Waals surface area contributed by atoms with Crippen molar-refractivity contribution < 1.29 is 9.18 Å². The highest BCUT2D eigenvalue weighted by Gasteiger charge is 2.17. The van der Waals surface area contributed by atoms with Crippen molar-refractivity contribution in [1.82, 2.24) is 9.55 Å². The number of carbonyl (C=O) groups excluding carboxylic acids is 1. The number of nitrogens with one attached hydrogen (secondary N) is 1. The quantitative estimate of drug-likeness (QED) is 0.496. The lowest BCUT2D eigenvalue weighted by molar-refractivity contribution is -0.116. The van der Waals surface area contributed by atoms with Crippen LogP contribution in [0, 0.1) is 5.82 Å².